The summed E-state index contributed by atoms with van der Waals surface area (Å²) in [6.45, 7) is 7.00. The SMILES string of the molecule is CCN(CCNCCS(C)(=O)=O)CCOC. The van der Waals surface area contributed by atoms with Gasteiger partial charge in [-0.15, -0.1) is 0 Å². The Kier molecular flexibility index (Phi) is 8.83. The van der Waals surface area contributed by atoms with Gasteiger partial charge in [-0.1, -0.05) is 6.92 Å². The summed E-state index contributed by atoms with van der Waals surface area (Å²) < 4.78 is 26.7. The number of hydrogen-bond donors (Lipinski definition) is 1. The number of nitrogens with one attached hydrogen (secondary N) is 1. The summed E-state index contributed by atoms with van der Waals surface area (Å²) in [6, 6.07) is 0. The van der Waals surface area contributed by atoms with Gasteiger partial charge in [0, 0.05) is 39.5 Å². The fraction of sp³-hybridized carbons (Fsp3) is 1.00. The predicted molar refractivity (Wildman–Crippen MR) is 66.6 cm³/mol. The standard InChI is InChI=1S/C10H24N2O3S/c1-4-12(8-9-15-2)7-5-11-6-10-16(3,13)14/h11H,4-10H2,1-3H3. The van der Waals surface area contributed by atoms with E-state index >= 15 is 0 Å². The second kappa shape index (κ2) is 8.92. The van der Waals surface area contributed by atoms with Crippen LogP contribution in [-0.4, -0.2) is 71.8 Å². The minimum atomic E-state index is -2.84. The van der Waals surface area contributed by atoms with E-state index in [0.717, 1.165) is 32.8 Å². The van der Waals surface area contributed by atoms with Crippen LogP contribution in [0.5, 0.6) is 0 Å². The third-order valence-electron chi connectivity index (χ3n) is 2.31. The molecule has 0 aliphatic rings. The Balaban J connectivity index is 3.48. The first-order chi connectivity index (χ1) is 7.49. The van der Waals surface area contributed by atoms with E-state index in [-0.39, 0.29) is 5.75 Å². The van der Waals surface area contributed by atoms with E-state index < -0.39 is 9.84 Å². The van der Waals surface area contributed by atoms with E-state index in [1.807, 2.05) is 0 Å². The highest BCUT2D eigenvalue weighted by Crippen LogP contribution is 1.86. The summed E-state index contributed by atoms with van der Waals surface area (Å²) in [4.78, 5) is 2.26. The van der Waals surface area contributed by atoms with Crippen LogP contribution in [0.3, 0.4) is 0 Å². The Morgan fingerprint density at radius 3 is 2.44 bits per heavy atom. The van der Waals surface area contributed by atoms with Gasteiger partial charge in [0.05, 0.1) is 12.4 Å². The molecule has 0 unspecified atom stereocenters. The molecule has 0 radical (unpaired) electrons. The molecule has 0 aliphatic carbocycles. The van der Waals surface area contributed by atoms with Gasteiger partial charge in [0.2, 0.25) is 0 Å². The average molecular weight is 252 g/mol. The van der Waals surface area contributed by atoms with Crippen LogP contribution in [-0.2, 0) is 14.6 Å². The van der Waals surface area contributed by atoms with Crippen molar-refractivity contribution in [1.29, 1.82) is 0 Å². The normalized spacial score (nSPS) is 12.2. The molecule has 0 aromatic rings. The summed E-state index contributed by atoms with van der Waals surface area (Å²) >= 11 is 0. The number of methoxy groups -OCH3 is 1. The zero-order valence-corrected chi connectivity index (χ0v) is 11.3. The second-order valence-corrected chi connectivity index (χ2v) is 6.07. The zero-order valence-electron chi connectivity index (χ0n) is 10.5. The molecular weight excluding hydrogens is 228 g/mol. The molecule has 0 rings (SSSR count). The summed E-state index contributed by atoms with van der Waals surface area (Å²) in [5.41, 5.74) is 0. The van der Waals surface area contributed by atoms with Crippen LogP contribution in [0.15, 0.2) is 0 Å². The maximum Gasteiger partial charge on any atom is 0.148 e. The lowest BCUT2D eigenvalue weighted by molar-refractivity contribution is 0.151. The molecule has 0 fully saturated rings. The van der Waals surface area contributed by atoms with Gasteiger partial charge in [0.15, 0.2) is 0 Å². The largest absolute Gasteiger partial charge is 0.383 e. The van der Waals surface area contributed by atoms with Crippen LogP contribution >= 0.6 is 0 Å². The van der Waals surface area contributed by atoms with Crippen LogP contribution in [0.25, 0.3) is 0 Å². The molecule has 16 heavy (non-hydrogen) atoms. The molecular formula is C10H24N2O3S. The molecule has 98 valence electrons. The van der Waals surface area contributed by atoms with Gasteiger partial charge in [-0.2, -0.15) is 0 Å². The third kappa shape index (κ3) is 10.4. The Morgan fingerprint density at radius 1 is 1.25 bits per heavy atom. The van der Waals surface area contributed by atoms with E-state index in [0.29, 0.717) is 6.54 Å². The lowest BCUT2D eigenvalue weighted by atomic mass is 10.4. The highest BCUT2D eigenvalue weighted by atomic mass is 32.2. The van der Waals surface area contributed by atoms with E-state index in [1.54, 1.807) is 7.11 Å². The number of nitrogens with zero attached hydrogens (tertiary/aromatic N) is 1. The summed E-state index contributed by atoms with van der Waals surface area (Å²) in [6.07, 6.45) is 1.26. The van der Waals surface area contributed by atoms with Gasteiger partial charge in [-0.3, -0.25) is 0 Å². The molecule has 0 bridgehead atoms. The van der Waals surface area contributed by atoms with E-state index in [4.69, 9.17) is 4.74 Å². The minimum Gasteiger partial charge on any atom is -0.383 e. The quantitative estimate of drug-likeness (QED) is 0.536. The summed E-state index contributed by atoms with van der Waals surface area (Å²) in [5.74, 6) is 0.206. The van der Waals surface area contributed by atoms with Gasteiger partial charge in [0.1, 0.15) is 9.84 Å². The molecule has 0 saturated heterocycles. The van der Waals surface area contributed by atoms with Crippen molar-refractivity contribution in [3.8, 4) is 0 Å². The van der Waals surface area contributed by atoms with Gasteiger partial charge >= 0.3 is 0 Å². The Bertz CT molecular complexity index is 255. The van der Waals surface area contributed by atoms with Crippen molar-refractivity contribution in [2.24, 2.45) is 0 Å². The first-order valence-corrected chi connectivity index (χ1v) is 7.65. The van der Waals surface area contributed by atoms with Crippen LogP contribution in [0.4, 0.5) is 0 Å². The summed E-state index contributed by atoms with van der Waals surface area (Å²) in [7, 11) is -1.15. The molecule has 1 N–H and O–H groups in total. The molecule has 0 spiro atoms. The van der Waals surface area contributed by atoms with Crippen molar-refractivity contribution in [2.45, 2.75) is 6.92 Å². The van der Waals surface area contributed by atoms with E-state index in [2.05, 4.69) is 17.1 Å². The first-order valence-electron chi connectivity index (χ1n) is 5.59. The molecule has 0 atom stereocenters. The molecule has 0 aliphatic heterocycles. The van der Waals surface area contributed by atoms with Gasteiger partial charge in [-0.25, -0.2) is 8.42 Å². The average Bonchev–Trinajstić information content (AvgIpc) is 2.20. The van der Waals surface area contributed by atoms with Crippen LogP contribution in [0, 0.1) is 0 Å². The van der Waals surface area contributed by atoms with Gasteiger partial charge < -0.3 is 15.0 Å². The fourth-order valence-electron chi connectivity index (χ4n) is 1.27. The monoisotopic (exact) mass is 252 g/mol. The van der Waals surface area contributed by atoms with Gasteiger partial charge in [0.25, 0.3) is 0 Å². The molecule has 0 amide bonds. The van der Waals surface area contributed by atoms with Crippen LogP contribution < -0.4 is 5.32 Å². The third-order valence-corrected chi connectivity index (χ3v) is 3.26. The molecule has 0 heterocycles. The predicted octanol–water partition coefficient (Wildman–Crippen LogP) is -0.411. The topological polar surface area (TPSA) is 58.6 Å². The lowest BCUT2D eigenvalue weighted by Crippen LogP contribution is -2.35. The molecule has 0 saturated carbocycles. The first kappa shape index (κ1) is 15.8. The minimum absolute atomic E-state index is 0.206. The Morgan fingerprint density at radius 2 is 1.94 bits per heavy atom. The Hall–Kier alpha value is -0.170. The number of hydrogen-bond acceptors (Lipinski definition) is 5. The highest BCUT2D eigenvalue weighted by molar-refractivity contribution is 7.90. The van der Waals surface area contributed by atoms with Crippen LogP contribution in [0.2, 0.25) is 0 Å². The lowest BCUT2D eigenvalue weighted by Gasteiger charge is -2.19. The summed E-state index contributed by atoms with van der Waals surface area (Å²) in [5, 5.41) is 3.12. The zero-order chi connectivity index (χ0) is 12.4. The molecule has 0 aromatic heterocycles. The fourth-order valence-corrected chi connectivity index (χ4v) is 1.78. The number of ether oxygens (including phenoxy) is 1. The van der Waals surface area contributed by atoms with Gasteiger partial charge in [-0.05, 0) is 6.54 Å². The van der Waals surface area contributed by atoms with Crippen LogP contribution in [0.1, 0.15) is 6.92 Å². The van der Waals surface area contributed by atoms with Crippen molar-refractivity contribution in [1.82, 2.24) is 10.2 Å². The van der Waals surface area contributed by atoms with Crippen molar-refractivity contribution >= 4 is 9.84 Å². The van der Waals surface area contributed by atoms with Crippen molar-refractivity contribution in [3.63, 3.8) is 0 Å². The van der Waals surface area contributed by atoms with E-state index in [1.165, 1.54) is 6.26 Å². The van der Waals surface area contributed by atoms with Crippen molar-refractivity contribution < 1.29 is 13.2 Å². The highest BCUT2D eigenvalue weighted by Gasteiger charge is 2.03. The van der Waals surface area contributed by atoms with E-state index in [9.17, 15) is 8.42 Å². The number of rotatable bonds is 10. The second-order valence-electron chi connectivity index (χ2n) is 3.81. The number of sulfone groups is 1. The molecule has 6 heteroatoms. The smallest absolute Gasteiger partial charge is 0.148 e. The Labute approximate surface area is 99.1 Å². The molecule has 0 aromatic carbocycles. The maximum atomic E-state index is 10.9. The molecule has 5 nitrogen and oxygen atoms in total. The van der Waals surface area contributed by atoms with Crippen molar-refractivity contribution in [2.75, 3.05) is 58.4 Å². The maximum absolute atomic E-state index is 10.9. The van der Waals surface area contributed by atoms with Crippen molar-refractivity contribution in [3.05, 3.63) is 0 Å². The number of likely N-dealkylation sites (N-methyl/N-ethyl adjacent to an activating group) is 1.